The molecule has 1 N–H and O–H groups in total. The molecule has 0 radical (unpaired) electrons. The summed E-state index contributed by atoms with van der Waals surface area (Å²) in [5.41, 5.74) is 0.736. The summed E-state index contributed by atoms with van der Waals surface area (Å²) >= 11 is 3.43. The van der Waals surface area contributed by atoms with Crippen molar-refractivity contribution in [3.05, 3.63) is 22.4 Å². The normalized spacial score (nSPS) is 20.8. The molecule has 0 saturated carbocycles. The van der Waals surface area contributed by atoms with E-state index in [1.807, 2.05) is 21.7 Å². The Morgan fingerprint density at radius 1 is 1.63 bits per heavy atom. The summed E-state index contributed by atoms with van der Waals surface area (Å²) < 4.78 is 2.94. The lowest BCUT2D eigenvalue weighted by Crippen LogP contribution is -2.31. The number of carbonyl (C=O) groups is 1. The predicted molar refractivity (Wildman–Crippen MR) is 78.1 cm³/mol. The van der Waals surface area contributed by atoms with Gasteiger partial charge in [0.2, 0.25) is 0 Å². The minimum atomic E-state index is -0.341. The van der Waals surface area contributed by atoms with Crippen LogP contribution in [-0.2, 0) is 6.54 Å². The fraction of sp³-hybridized carbons (Fsp3) is 0.643. The molecule has 1 saturated heterocycles. The predicted octanol–water partition coefficient (Wildman–Crippen LogP) is 2.50. The highest BCUT2D eigenvalue weighted by Crippen LogP contribution is 2.23. The van der Waals surface area contributed by atoms with Crippen LogP contribution in [0.25, 0.3) is 0 Å². The summed E-state index contributed by atoms with van der Waals surface area (Å²) in [7, 11) is 0. The molecular formula is C14H21BrN2O2. The van der Waals surface area contributed by atoms with Crippen LogP contribution in [0.5, 0.6) is 0 Å². The number of amides is 1. The molecule has 1 fully saturated rings. The molecule has 0 aromatic carbocycles. The number of rotatable bonds is 4. The molecule has 2 unspecified atom stereocenters. The SMILES string of the molecule is CCCn1cc(Br)cc1C(=O)N1CCC(C(C)O)C1. The average Bonchev–Trinajstić information content (AvgIpc) is 2.95. The summed E-state index contributed by atoms with van der Waals surface area (Å²) in [6.07, 6.45) is 3.50. The van der Waals surface area contributed by atoms with E-state index in [1.54, 1.807) is 6.92 Å². The summed E-state index contributed by atoms with van der Waals surface area (Å²) in [6, 6.07) is 1.88. The first-order valence-electron chi connectivity index (χ1n) is 6.86. The van der Waals surface area contributed by atoms with Crippen molar-refractivity contribution in [2.45, 2.75) is 39.3 Å². The van der Waals surface area contributed by atoms with Crippen LogP contribution < -0.4 is 0 Å². The van der Waals surface area contributed by atoms with E-state index in [0.29, 0.717) is 6.54 Å². The molecule has 2 atom stereocenters. The van der Waals surface area contributed by atoms with Crippen LogP contribution in [0.1, 0.15) is 37.2 Å². The van der Waals surface area contributed by atoms with Crippen molar-refractivity contribution < 1.29 is 9.90 Å². The van der Waals surface area contributed by atoms with Crippen LogP contribution in [-0.4, -0.2) is 39.7 Å². The average molecular weight is 329 g/mol. The molecule has 0 aliphatic carbocycles. The summed E-state index contributed by atoms with van der Waals surface area (Å²) in [5.74, 6) is 0.282. The zero-order valence-corrected chi connectivity index (χ0v) is 13.1. The molecule has 1 aromatic rings. The Hall–Kier alpha value is -0.810. The van der Waals surface area contributed by atoms with Gasteiger partial charge in [0, 0.05) is 36.2 Å². The molecule has 0 bridgehead atoms. The molecule has 4 nitrogen and oxygen atoms in total. The first-order chi connectivity index (χ1) is 9.02. The highest BCUT2D eigenvalue weighted by Gasteiger charge is 2.30. The van der Waals surface area contributed by atoms with Crippen LogP contribution in [0.3, 0.4) is 0 Å². The van der Waals surface area contributed by atoms with Gasteiger partial charge in [-0.3, -0.25) is 4.79 Å². The van der Waals surface area contributed by atoms with Crippen molar-refractivity contribution in [1.29, 1.82) is 0 Å². The largest absolute Gasteiger partial charge is 0.393 e. The third-order valence-corrected chi connectivity index (χ3v) is 4.17. The Bertz CT molecular complexity index is 456. The van der Waals surface area contributed by atoms with Crippen molar-refractivity contribution in [3.63, 3.8) is 0 Å². The number of hydrogen-bond acceptors (Lipinski definition) is 2. The van der Waals surface area contributed by atoms with E-state index in [4.69, 9.17) is 0 Å². The molecule has 5 heteroatoms. The number of aliphatic hydroxyl groups is 1. The number of aromatic nitrogens is 1. The van der Waals surface area contributed by atoms with Crippen molar-refractivity contribution in [1.82, 2.24) is 9.47 Å². The molecular weight excluding hydrogens is 308 g/mol. The summed E-state index contributed by atoms with van der Waals surface area (Å²) in [5, 5.41) is 9.61. The Morgan fingerprint density at radius 3 is 2.95 bits per heavy atom. The van der Waals surface area contributed by atoms with Gasteiger partial charge in [-0.05, 0) is 41.8 Å². The molecule has 19 heavy (non-hydrogen) atoms. The minimum absolute atomic E-state index is 0.0716. The highest BCUT2D eigenvalue weighted by atomic mass is 79.9. The van der Waals surface area contributed by atoms with Crippen molar-refractivity contribution in [2.75, 3.05) is 13.1 Å². The molecule has 2 rings (SSSR count). The number of aryl methyl sites for hydroxylation is 1. The van der Waals surface area contributed by atoms with E-state index < -0.39 is 0 Å². The number of carbonyl (C=O) groups excluding carboxylic acids is 1. The maximum atomic E-state index is 12.5. The molecule has 1 aliphatic rings. The standard InChI is InChI=1S/C14H21BrN2O2/c1-3-5-16-9-12(15)7-13(16)14(19)17-6-4-11(8-17)10(2)18/h7,9-11,18H,3-6,8H2,1-2H3. The second kappa shape index (κ2) is 6.09. The first kappa shape index (κ1) is 14.6. The van der Waals surface area contributed by atoms with Gasteiger partial charge in [-0.2, -0.15) is 0 Å². The fourth-order valence-corrected chi connectivity index (χ4v) is 3.07. The molecule has 0 spiro atoms. The van der Waals surface area contributed by atoms with Gasteiger partial charge in [-0.25, -0.2) is 0 Å². The number of halogens is 1. The molecule has 1 aromatic heterocycles. The number of likely N-dealkylation sites (tertiary alicyclic amines) is 1. The van der Waals surface area contributed by atoms with Crippen LogP contribution in [0.2, 0.25) is 0 Å². The van der Waals surface area contributed by atoms with Gasteiger partial charge in [0.25, 0.3) is 5.91 Å². The molecule has 106 valence electrons. The second-order valence-electron chi connectivity index (χ2n) is 5.28. The minimum Gasteiger partial charge on any atom is -0.393 e. The first-order valence-corrected chi connectivity index (χ1v) is 7.65. The second-order valence-corrected chi connectivity index (χ2v) is 6.19. The molecule has 1 amide bonds. The van der Waals surface area contributed by atoms with E-state index in [2.05, 4.69) is 22.9 Å². The monoisotopic (exact) mass is 328 g/mol. The van der Waals surface area contributed by atoms with Gasteiger partial charge in [0.15, 0.2) is 0 Å². The fourth-order valence-electron chi connectivity index (χ4n) is 2.61. The van der Waals surface area contributed by atoms with E-state index in [9.17, 15) is 9.90 Å². The Kier molecular flexibility index (Phi) is 4.68. The molecule has 2 heterocycles. The maximum absolute atomic E-state index is 12.5. The highest BCUT2D eigenvalue weighted by molar-refractivity contribution is 9.10. The zero-order chi connectivity index (χ0) is 14.0. The number of hydrogen-bond donors (Lipinski definition) is 1. The van der Waals surface area contributed by atoms with Gasteiger partial charge in [-0.1, -0.05) is 6.92 Å². The van der Waals surface area contributed by atoms with Crippen LogP contribution >= 0.6 is 15.9 Å². The van der Waals surface area contributed by atoms with Gasteiger partial charge < -0.3 is 14.6 Å². The quantitative estimate of drug-likeness (QED) is 0.923. The van der Waals surface area contributed by atoms with Gasteiger partial charge in [-0.15, -0.1) is 0 Å². The van der Waals surface area contributed by atoms with Crippen LogP contribution in [0.15, 0.2) is 16.7 Å². The van der Waals surface area contributed by atoms with Crippen molar-refractivity contribution in [3.8, 4) is 0 Å². The van der Waals surface area contributed by atoms with E-state index >= 15 is 0 Å². The topological polar surface area (TPSA) is 45.5 Å². The zero-order valence-electron chi connectivity index (χ0n) is 11.5. The lowest BCUT2D eigenvalue weighted by Gasteiger charge is -2.18. The Labute approximate surface area is 122 Å². The van der Waals surface area contributed by atoms with Gasteiger partial charge in [0.05, 0.1) is 6.10 Å². The van der Waals surface area contributed by atoms with E-state index in [0.717, 1.165) is 36.1 Å². The number of nitrogens with zero attached hydrogens (tertiary/aromatic N) is 2. The van der Waals surface area contributed by atoms with Crippen molar-refractivity contribution >= 4 is 21.8 Å². The summed E-state index contributed by atoms with van der Waals surface area (Å²) in [6.45, 7) is 6.14. The Balaban J connectivity index is 2.12. The summed E-state index contributed by atoms with van der Waals surface area (Å²) in [4.78, 5) is 14.4. The smallest absolute Gasteiger partial charge is 0.270 e. The number of aliphatic hydroxyl groups excluding tert-OH is 1. The van der Waals surface area contributed by atoms with Crippen LogP contribution in [0.4, 0.5) is 0 Å². The van der Waals surface area contributed by atoms with E-state index in [1.165, 1.54) is 0 Å². The van der Waals surface area contributed by atoms with Crippen LogP contribution in [0, 0.1) is 5.92 Å². The van der Waals surface area contributed by atoms with Crippen molar-refractivity contribution in [2.24, 2.45) is 5.92 Å². The molecule has 1 aliphatic heterocycles. The lowest BCUT2D eigenvalue weighted by molar-refractivity contribution is 0.0752. The third-order valence-electron chi connectivity index (χ3n) is 3.74. The van der Waals surface area contributed by atoms with E-state index in [-0.39, 0.29) is 17.9 Å². The third kappa shape index (κ3) is 3.20. The Morgan fingerprint density at radius 2 is 2.37 bits per heavy atom. The maximum Gasteiger partial charge on any atom is 0.270 e. The van der Waals surface area contributed by atoms with Gasteiger partial charge >= 0.3 is 0 Å². The lowest BCUT2D eigenvalue weighted by atomic mass is 10.0. The van der Waals surface area contributed by atoms with Gasteiger partial charge in [0.1, 0.15) is 5.69 Å².